The zero-order valence-corrected chi connectivity index (χ0v) is 18.8. The summed E-state index contributed by atoms with van der Waals surface area (Å²) < 4.78 is 21.9. The number of epoxide rings is 1. The maximum atomic E-state index is 12.7. The summed E-state index contributed by atoms with van der Waals surface area (Å²) in [6, 6.07) is 0. The first kappa shape index (κ1) is 23.2. The van der Waals surface area contributed by atoms with Crippen LogP contribution in [0.2, 0.25) is 0 Å². The van der Waals surface area contributed by atoms with Crippen LogP contribution in [0.1, 0.15) is 27.2 Å². The Hall–Kier alpha value is -1.94. The molecule has 9 atom stereocenters. The minimum absolute atomic E-state index is 0.0969. The van der Waals surface area contributed by atoms with Crippen molar-refractivity contribution in [2.24, 2.45) is 17.8 Å². The predicted octanol–water partition coefficient (Wildman–Crippen LogP) is 0.643. The van der Waals surface area contributed by atoms with Crippen molar-refractivity contribution in [2.75, 3.05) is 12.5 Å². The van der Waals surface area contributed by atoms with E-state index < -0.39 is 71.3 Å². The molecule has 2 heterocycles. The van der Waals surface area contributed by atoms with Gasteiger partial charge in [0.1, 0.15) is 30.5 Å². The summed E-state index contributed by atoms with van der Waals surface area (Å²) in [4.78, 5) is 36.1. The molecule has 4 aliphatic rings. The Balaban J connectivity index is 1.66. The molecule has 9 unspecified atom stereocenters. The molecule has 2 aliphatic heterocycles. The number of aliphatic hydroxyl groups excluding tert-OH is 1. The molecule has 0 radical (unpaired) electrons. The number of ether oxygens (including phenoxy) is 4. The molecule has 2 aliphatic carbocycles. The third-order valence-electron chi connectivity index (χ3n) is 7.29. The van der Waals surface area contributed by atoms with Gasteiger partial charge < -0.3 is 29.2 Å². The molecule has 2 saturated carbocycles. The van der Waals surface area contributed by atoms with Crippen molar-refractivity contribution in [1.82, 2.24) is 0 Å². The van der Waals surface area contributed by atoms with E-state index >= 15 is 0 Å². The molecule has 0 aromatic rings. The van der Waals surface area contributed by atoms with E-state index in [9.17, 15) is 24.6 Å². The van der Waals surface area contributed by atoms with E-state index in [0.717, 1.165) is 0 Å². The number of esters is 3. The van der Waals surface area contributed by atoms with Gasteiger partial charge >= 0.3 is 17.9 Å². The molecule has 2 N–H and O–H groups in total. The Morgan fingerprint density at radius 3 is 2.66 bits per heavy atom. The lowest BCUT2D eigenvalue weighted by Crippen LogP contribution is -2.51. The number of aliphatic hydroxyl groups is 2. The minimum Gasteiger partial charge on any atom is -0.462 e. The van der Waals surface area contributed by atoms with Crippen LogP contribution in [0.4, 0.5) is 0 Å². The van der Waals surface area contributed by atoms with Gasteiger partial charge in [0.15, 0.2) is 0 Å². The molecule has 4 rings (SSSR count). The van der Waals surface area contributed by atoms with E-state index in [0.29, 0.717) is 0 Å². The van der Waals surface area contributed by atoms with Crippen molar-refractivity contribution < 1.29 is 43.5 Å². The summed E-state index contributed by atoms with van der Waals surface area (Å²) in [5, 5.41) is 22.4. The molecule has 0 aromatic carbocycles. The second-order valence-electron chi connectivity index (χ2n) is 9.26. The molecule has 0 amide bonds. The number of fused-ring (bicyclic) bond motifs is 5. The third kappa shape index (κ3) is 3.46. The molecule has 32 heavy (non-hydrogen) atoms. The summed E-state index contributed by atoms with van der Waals surface area (Å²) in [6.07, 6.45) is -2.00. The number of hydrogen-bond acceptors (Lipinski definition) is 9. The Morgan fingerprint density at radius 2 is 2.03 bits per heavy atom. The normalized spacial score (nSPS) is 44.7. The Kier molecular flexibility index (Phi) is 5.68. The maximum absolute atomic E-state index is 12.7. The highest BCUT2D eigenvalue weighted by Gasteiger charge is 2.78. The summed E-state index contributed by atoms with van der Waals surface area (Å²) in [6.45, 7) is 8.31. The first-order valence-corrected chi connectivity index (χ1v) is 11.0. The van der Waals surface area contributed by atoms with Crippen molar-refractivity contribution in [3.63, 3.8) is 0 Å². The molecule has 176 valence electrons. The van der Waals surface area contributed by atoms with Crippen LogP contribution < -0.4 is 0 Å². The van der Waals surface area contributed by atoms with Gasteiger partial charge in [-0.15, -0.1) is 11.6 Å². The number of halogens is 1. The average molecular weight is 471 g/mol. The molecular weight excluding hydrogens is 444 g/mol. The van der Waals surface area contributed by atoms with Gasteiger partial charge in [0.25, 0.3) is 0 Å². The Labute approximate surface area is 190 Å². The fraction of sp³-hybridized carbons (Fsp3) is 0.682. The first-order chi connectivity index (χ1) is 14.9. The van der Waals surface area contributed by atoms with E-state index in [2.05, 4.69) is 6.58 Å². The van der Waals surface area contributed by atoms with Crippen LogP contribution >= 0.6 is 11.6 Å². The SMILES string of the molecule is C=C1C(=O)OC2C1C(OC(=O)C(C)=CCOC(C)=O)CC(O)(CCl)C1C(O)C3OC3(C)C21. The molecule has 0 bridgehead atoms. The lowest BCUT2D eigenvalue weighted by molar-refractivity contribution is -0.152. The molecule has 4 fully saturated rings. The second kappa shape index (κ2) is 7.83. The molecule has 2 saturated heterocycles. The van der Waals surface area contributed by atoms with Crippen LogP contribution in [0.3, 0.4) is 0 Å². The van der Waals surface area contributed by atoms with Crippen molar-refractivity contribution in [1.29, 1.82) is 0 Å². The van der Waals surface area contributed by atoms with E-state index in [1.807, 2.05) is 0 Å². The highest BCUT2D eigenvalue weighted by molar-refractivity contribution is 6.18. The minimum atomic E-state index is -1.59. The van der Waals surface area contributed by atoms with Crippen LogP contribution in [-0.2, 0) is 33.3 Å². The number of carbonyl (C=O) groups excluding carboxylic acids is 3. The summed E-state index contributed by atoms with van der Waals surface area (Å²) in [7, 11) is 0. The smallest absolute Gasteiger partial charge is 0.334 e. The van der Waals surface area contributed by atoms with E-state index in [4.69, 9.17) is 30.5 Å². The number of carbonyl (C=O) groups is 3. The number of rotatable bonds is 5. The van der Waals surface area contributed by atoms with Gasteiger partial charge in [-0.25, -0.2) is 9.59 Å². The molecule has 9 nitrogen and oxygen atoms in total. The third-order valence-corrected chi connectivity index (χ3v) is 7.76. The number of hydrogen-bond donors (Lipinski definition) is 2. The fourth-order valence-electron chi connectivity index (χ4n) is 5.66. The molecule has 10 heteroatoms. The fourth-order valence-corrected chi connectivity index (χ4v) is 5.95. The first-order valence-electron chi connectivity index (χ1n) is 10.5. The van der Waals surface area contributed by atoms with Gasteiger partial charge in [-0.2, -0.15) is 0 Å². The van der Waals surface area contributed by atoms with Crippen molar-refractivity contribution in [3.05, 3.63) is 23.8 Å². The lowest BCUT2D eigenvalue weighted by atomic mass is 9.74. The topological polar surface area (TPSA) is 132 Å². The van der Waals surface area contributed by atoms with Gasteiger partial charge in [0.05, 0.1) is 23.5 Å². The molecular formula is C22H27ClO9. The Bertz CT molecular complexity index is 900. The van der Waals surface area contributed by atoms with Crippen LogP contribution in [-0.4, -0.2) is 76.2 Å². The molecule has 0 spiro atoms. The molecule has 0 aromatic heterocycles. The average Bonchev–Trinajstić information content (AvgIpc) is 3.28. The Morgan fingerprint density at radius 1 is 1.34 bits per heavy atom. The maximum Gasteiger partial charge on any atom is 0.334 e. The quantitative estimate of drug-likeness (QED) is 0.195. The van der Waals surface area contributed by atoms with Gasteiger partial charge in [-0.1, -0.05) is 6.58 Å². The van der Waals surface area contributed by atoms with Crippen LogP contribution in [0, 0.1) is 17.8 Å². The van der Waals surface area contributed by atoms with Crippen LogP contribution in [0.15, 0.2) is 23.8 Å². The van der Waals surface area contributed by atoms with Gasteiger partial charge in [0.2, 0.25) is 0 Å². The van der Waals surface area contributed by atoms with Gasteiger partial charge in [-0.05, 0) is 19.9 Å². The number of alkyl halides is 1. The lowest BCUT2D eigenvalue weighted by Gasteiger charge is -2.39. The van der Waals surface area contributed by atoms with Crippen molar-refractivity contribution in [2.45, 2.75) is 62.8 Å². The van der Waals surface area contributed by atoms with Crippen LogP contribution in [0.25, 0.3) is 0 Å². The zero-order chi connectivity index (χ0) is 23.6. The highest BCUT2D eigenvalue weighted by atomic mass is 35.5. The monoisotopic (exact) mass is 470 g/mol. The van der Waals surface area contributed by atoms with Crippen molar-refractivity contribution in [3.8, 4) is 0 Å². The van der Waals surface area contributed by atoms with Gasteiger partial charge in [0, 0.05) is 36.3 Å². The van der Waals surface area contributed by atoms with Gasteiger partial charge in [-0.3, -0.25) is 4.79 Å². The second-order valence-corrected chi connectivity index (χ2v) is 9.53. The highest BCUT2D eigenvalue weighted by Crippen LogP contribution is 2.64. The predicted molar refractivity (Wildman–Crippen MR) is 109 cm³/mol. The van der Waals surface area contributed by atoms with Crippen molar-refractivity contribution >= 4 is 29.5 Å². The van der Waals surface area contributed by atoms with E-state index in [1.165, 1.54) is 19.9 Å². The largest absolute Gasteiger partial charge is 0.462 e. The summed E-state index contributed by atoms with van der Waals surface area (Å²) in [5.41, 5.74) is -2.07. The van der Waals surface area contributed by atoms with E-state index in [-0.39, 0.29) is 30.1 Å². The van der Waals surface area contributed by atoms with E-state index in [1.54, 1.807) is 6.92 Å². The zero-order valence-electron chi connectivity index (χ0n) is 18.1. The standard InChI is InChI=1S/C22H27ClO9/c1-9(5-6-29-11(3)24)19(26)30-12-7-22(28,8-23)14-15(21(4)18(32-21)16(14)25)17-13(12)10(2)20(27)31-17/h5,12-18,25,28H,2,6-8H2,1,3-4H3. The van der Waals surface area contributed by atoms with Crippen LogP contribution in [0.5, 0.6) is 0 Å². The summed E-state index contributed by atoms with van der Waals surface area (Å²) >= 11 is 6.19. The summed E-state index contributed by atoms with van der Waals surface area (Å²) in [5.74, 6) is -4.04.